The molecule has 0 aromatic heterocycles. The smallest absolute Gasteiger partial charge is 0.262 e. The number of carbonyl (C=O) groups is 2. The summed E-state index contributed by atoms with van der Waals surface area (Å²) in [4.78, 5) is 24.9. The highest BCUT2D eigenvalue weighted by Gasteiger charge is 2.28. The number of carbonyl (C=O) groups excluding carboxylic acids is 2. The highest BCUT2D eigenvalue weighted by molar-refractivity contribution is 14.1. The van der Waals surface area contributed by atoms with E-state index >= 15 is 0 Å². The van der Waals surface area contributed by atoms with E-state index in [2.05, 4.69) is 43.2 Å². The van der Waals surface area contributed by atoms with Gasteiger partial charge in [-0.15, -0.1) is 0 Å². The largest absolute Gasteiger partial charge is 0.484 e. The fourth-order valence-electron chi connectivity index (χ4n) is 3.23. The summed E-state index contributed by atoms with van der Waals surface area (Å²) in [6.07, 6.45) is 1.43. The number of hydrogen-bond acceptors (Lipinski definition) is 6. The van der Waals surface area contributed by atoms with Gasteiger partial charge in [-0.05, 0) is 89.5 Å². The molecule has 0 radical (unpaired) electrons. The summed E-state index contributed by atoms with van der Waals surface area (Å²) >= 11 is 2.14. The molecular weight excluding hydrogens is 619 g/mol. The van der Waals surface area contributed by atoms with E-state index < -0.39 is 22.0 Å². The first-order valence-corrected chi connectivity index (χ1v) is 14.3. The van der Waals surface area contributed by atoms with E-state index in [1.165, 1.54) is 18.3 Å². The lowest BCUT2D eigenvalue weighted by Crippen LogP contribution is -2.48. The quantitative estimate of drug-likeness (QED) is 0.164. The molecule has 0 heterocycles. The average molecular weight is 649 g/mol. The Kier molecular flexibility index (Phi) is 10.4. The molecule has 0 aliphatic rings. The topological polar surface area (TPSA) is 126 Å². The Hall–Kier alpha value is -3.29. The Labute approximate surface area is 236 Å². The zero-order valence-electron chi connectivity index (χ0n) is 21.1. The molecule has 38 heavy (non-hydrogen) atoms. The van der Waals surface area contributed by atoms with Gasteiger partial charge in [0.25, 0.3) is 11.8 Å². The van der Waals surface area contributed by atoms with Crippen molar-refractivity contribution in [2.24, 2.45) is 11.0 Å². The number of benzene rings is 3. The minimum atomic E-state index is -3.89. The van der Waals surface area contributed by atoms with Crippen molar-refractivity contribution in [1.82, 2.24) is 10.1 Å². The van der Waals surface area contributed by atoms with Crippen LogP contribution < -0.4 is 20.2 Å². The number of rotatable bonds is 11. The van der Waals surface area contributed by atoms with Crippen LogP contribution in [0.25, 0.3) is 0 Å². The molecule has 0 aliphatic heterocycles. The van der Waals surface area contributed by atoms with Crippen LogP contribution in [-0.4, -0.2) is 39.1 Å². The summed E-state index contributed by atoms with van der Waals surface area (Å²) in [5, 5.41) is 6.75. The number of ether oxygens (including phenoxy) is 1. The molecule has 3 aromatic carbocycles. The van der Waals surface area contributed by atoms with Crippen LogP contribution in [0, 0.1) is 16.4 Å². The van der Waals surface area contributed by atoms with E-state index in [9.17, 15) is 18.0 Å². The van der Waals surface area contributed by atoms with Crippen LogP contribution >= 0.6 is 22.6 Å². The maximum Gasteiger partial charge on any atom is 0.262 e. The number of aryl methyl sites for hydroxylation is 1. The molecule has 3 aromatic rings. The molecule has 0 spiro atoms. The molecule has 1 atom stereocenters. The molecule has 3 rings (SSSR count). The lowest BCUT2D eigenvalue weighted by molar-refractivity contribution is -0.123. The number of hydrogen-bond donors (Lipinski definition) is 3. The summed E-state index contributed by atoms with van der Waals surface area (Å²) in [5.74, 6) is -0.676. The molecule has 0 saturated heterocycles. The number of nitrogens with zero attached hydrogens (tertiary/aromatic N) is 1. The minimum absolute atomic E-state index is 0.0830. The van der Waals surface area contributed by atoms with Crippen LogP contribution in [0.2, 0.25) is 0 Å². The Morgan fingerprint density at radius 3 is 2.29 bits per heavy atom. The first-order valence-electron chi connectivity index (χ1n) is 11.7. The predicted octanol–water partition coefficient (Wildman–Crippen LogP) is 4.07. The average Bonchev–Trinajstić information content (AvgIpc) is 2.88. The van der Waals surface area contributed by atoms with Crippen molar-refractivity contribution in [3.05, 3.63) is 87.5 Å². The number of amides is 2. The fraction of sp³-hybridized carbons (Fsp3) is 0.222. The van der Waals surface area contributed by atoms with E-state index in [1.54, 1.807) is 50.2 Å². The van der Waals surface area contributed by atoms with E-state index in [4.69, 9.17) is 4.74 Å². The van der Waals surface area contributed by atoms with Crippen molar-refractivity contribution in [1.29, 1.82) is 0 Å². The second-order valence-corrected chi connectivity index (χ2v) is 11.7. The van der Waals surface area contributed by atoms with Gasteiger partial charge in [-0.1, -0.05) is 43.7 Å². The maximum atomic E-state index is 12.7. The van der Waals surface area contributed by atoms with Crippen molar-refractivity contribution in [2.75, 3.05) is 11.9 Å². The van der Waals surface area contributed by atoms with Gasteiger partial charge in [-0.2, -0.15) is 9.82 Å². The summed E-state index contributed by atoms with van der Waals surface area (Å²) in [7, 11) is -3.89. The molecule has 11 heteroatoms. The Balaban J connectivity index is 1.52. The van der Waals surface area contributed by atoms with E-state index in [0.717, 1.165) is 14.8 Å². The van der Waals surface area contributed by atoms with Crippen LogP contribution in [0.1, 0.15) is 25.0 Å². The zero-order valence-corrected chi connectivity index (χ0v) is 24.1. The Bertz CT molecular complexity index is 1390. The first kappa shape index (κ1) is 29.3. The monoisotopic (exact) mass is 648 g/mol. The molecule has 9 nitrogen and oxygen atoms in total. The van der Waals surface area contributed by atoms with E-state index in [1.807, 2.05) is 31.2 Å². The maximum absolute atomic E-state index is 12.7. The normalized spacial score (nSPS) is 12.3. The standard InChI is InChI=1S/C27H29IN4O5S/c1-18(2)26(32-38(35,36)22-14-8-19(3)9-15-22)27(34)31-29-16-20-10-12-21(13-11-20)37-17-25(33)30-24-7-5-4-6-23(24)28/h4-16,18,26,32H,17H2,1-3H3,(H,30,33)(H,31,34)/b29-16-/t26-/m1/s1. The van der Waals surface area contributed by atoms with Gasteiger partial charge in [-0.25, -0.2) is 13.8 Å². The summed E-state index contributed by atoms with van der Waals surface area (Å²) < 4.78 is 34.4. The SMILES string of the molecule is Cc1ccc(S(=O)(=O)N[C@@H](C(=O)N/N=C\c2ccc(OCC(=O)Nc3ccccc3I)cc2)C(C)C)cc1. The fourth-order valence-corrected chi connectivity index (χ4v) is 5.10. The van der Waals surface area contributed by atoms with Gasteiger partial charge in [0.2, 0.25) is 10.0 Å². The number of nitrogens with one attached hydrogen (secondary N) is 3. The van der Waals surface area contributed by atoms with Gasteiger partial charge < -0.3 is 10.1 Å². The third-order valence-electron chi connectivity index (χ3n) is 5.35. The van der Waals surface area contributed by atoms with Gasteiger partial charge >= 0.3 is 0 Å². The molecule has 0 unspecified atom stereocenters. The molecule has 0 saturated carbocycles. The summed E-state index contributed by atoms with van der Waals surface area (Å²) in [6, 6.07) is 19.6. The second kappa shape index (κ2) is 13.5. The van der Waals surface area contributed by atoms with Gasteiger partial charge in [0.05, 0.1) is 16.8 Å². The van der Waals surface area contributed by atoms with Gasteiger partial charge in [-0.3, -0.25) is 9.59 Å². The zero-order chi connectivity index (χ0) is 27.7. The van der Waals surface area contributed by atoms with Crippen LogP contribution in [-0.2, 0) is 19.6 Å². The third kappa shape index (κ3) is 8.64. The number of anilines is 1. The van der Waals surface area contributed by atoms with E-state index in [0.29, 0.717) is 11.3 Å². The highest BCUT2D eigenvalue weighted by atomic mass is 127. The lowest BCUT2D eigenvalue weighted by Gasteiger charge is -2.20. The molecule has 3 N–H and O–H groups in total. The number of para-hydroxylation sites is 1. The van der Waals surface area contributed by atoms with Gasteiger partial charge in [0.1, 0.15) is 11.8 Å². The lowest BCUT2D eigenvalue weighted by atomic mass is 10.1. The number of hydrazone groups is 1. The highest BCUT2D eigenvalue weighted by Crippen LogP contribution is 2.17. The van der Waals surface area contributed by atoms with E-state index in [-0.39, 0.29) is 23.3 Å². The second-order valence-electron chi connectivity index (χ2n) is 8.78. The first-order chi connectivity index (χ1) is 18.0. The van der Waals surface area contributed by atoms with Gasteiger partial charge in [0, 0.05) is 3.57 Å². The summed E-state index contributed by atoms with van der Waals surface area (Å²) in [5.41, 5.74) is 4.72. The summed E-state index contributed by atoms with van der Waals surface area (Å²) in [6.45, 7) is 5.19. The molecule has 0 bridgehead atoms. The van der Waals surface area contributed by atoms with Crippen LogP contribution in [0.5, 0.6) is 5.75 Å². The minimum Gasteiger partial charge on any atom is -0.484 e. The number of sulfonamides is 1. The molecule has 200 valence electrons. The number of halogens is 1. The van der Waals surface area contributed by atoms with Crippen LogP contribution in [0.3, 0.4) is 0 Å². The Morgan fingerprint density at radius 2 is 1.66 bits per heavy atom. The predicted molar refractivity (Wildman–Crippen MR) is 156 cm³/mol. The van der Waals surface area contributed by atoms with Crippen molar-refractivity contribution in [2.45, 2.75) is 31.7 Å². The molecular formula is C27H29IN4O5S. The van der Waals surface area contributed by atoms with Crippen LogP contribution in [0.4, 0.5) is 5.69 Å². The third-order valence-corrected chi connectivity index (χ3v) is 7.75. The molecule has 0 fully saturated rings. The molecule has 2 amide bonds. The van der Waals surface area contributed by atoms with Crippen molar-refractivity contribution >= 4 is 56.3 Å². The molecule has 0 aliphatic carbocycles. The van der Waals surface area contributed by atoms with Crippen molar-refractivity contribution < 1.29 is 22.7 Å². The van der Waals surface area contributed by atoms with Crippen LogP contribution in [0.15, 0.2) is 82.8 Å². The van der Waals surface area contributed by atoms with Crippen molar-refractivity contribution in [3.63, 3.8) is 0 Å². The Morgan fingerprint density at radius 1 is 1.00 bits per heavy atom. The van der Waals surface area contributed by atoms with Gasteiger partial charge in [0.15, 0.2) is 6.61 Å². The van der Waals surface area contributed by atoms with Crippen molar-refractivity contribution in [3.8, 4) is 5.75 Å².